The summed E-state index contributed by atoms with van der Waals surface area (Å²) in [5.74, 6) is 0.622. The first-order chi connectivity index (χ1) is 8.11. The van der Waals surface area contributed by atoms with Gasteiger partial charge in [-0.25, -0.2) is 0 Å². The van der Waals surface area contributed by atoms with E-state index >= 15 is 0 Å². The molecule has 1 saturated carbocycles. The van der Waals surface area contributed by atoms with Gasteiger partial charge in [0.1, 0.15) is 5.69 Å². The van der Waals surface area contributed by atoms with Crippen LogP contribution in [0.15, 0.2) is 12.3 Å². The number of likely N-dealkylation sites (N-methyl/N-ethyl adjacent to an activating group) is 1. The fourth-order valence-corrected chi connectivity index (χ4v) is 2.14. The van der Waals surface area contributed by atoms with E-state index in [4.69, 9.17) is 11.6 Å². The molecule has 1 aromatic rings. The van der Waals surface area contributed by atoms with Gasteiger partial charge in [0.05, 0.1) is 9.95 Å². The minimum Gasteiger partial charge on any atom is -0.316 e. The van der Waals surface area contributed by atoms with E-state index in [0.717, 1.165) is 0 Å². The molecule has 1 atom stereocenters. The molecule has 1 aliphatic rings. The lowest BCUT2D eigenvalue weighted by molar-refractivity contribution is -0.386. The van der Waals surface area contributed by atoms with Crippen LogP contribution in [0.25, 0.3) is 0 Å². The van der Waals surface area contributed by atoms with Gasteiger partial charge >= 0.3 is 0 Å². The van der Waals surface area contributed by atoms with Gasteiger partial charge in [0.2, 0.25) is 0 Å². The number of hydrogen-bond acceptors (Lipinski definition) is 4. The molecule has 1 heterocycles. The van der Waals surface area contributed by atoms with Gasteiger partial charge in [-0.05, 0) is 25.8 Å². The molecule has 0 aromatic carbocycles. The number of nitrogens with one attached hydrogen (secondary N) is 1. The van der Waals surface area contributed by atoms with Crippen LogP contribution < -0.4 is 5.32 Å². The van der Waals surface area contributed by atoms with Crippen LogP contribution in [0.1, 0.15) is 18.5 Å². The molecule has 1 aliphatic carbocycles. The lowest BCUT2D eigenvalue weighted by Gasteiger charge is -2.14. The van der Waals surface area contributed by atoms with Gasteiger partial charge < -0.3 is 5.32 Å². The summed E-state index contributed by atoms with van der Waals surface area (Å²) >= 11 is 5.72. The van der Waals surface area contributed by atoms with Crippen LogP contribution in [-0.2, 0) is 6.42 Å². The van der Waals surface area contributed by atoms with Gasteiger partial charge in [-0.3, -0.25) is 15.1 Å². The third kappa shape index (κ3) is 2.92. The third-order valence-electron chi connectivity index (χ3n) is 3.09. The Morgan fingerprint density at radius 3 is 2.94 bits per heavy atom. The van der Waals surface area contributed by atoms with E-state index < -0.39 is 4.92 Å². The second-order valence-corrected chi connectivity index (χ2v) is 4.75. The topological polar surface area (TPSA) is 68.1 Å². The van der Waals surface area contributed by atoms with Crippen molar-refractivity contribution in [3.8, 4) is 0 Å². The molecule has 0 radical (unpaired) electrons. The van der Waals surface area contributed by atoms with Crippen LogP contribution in [0.2, 0.25) is 5.02 Å². The van der Waals surface area contributed by atoms with Crippen molar-refractivity contribution in [1.82, 2.24) is 10.3 Å². The van der Waals surface area contributed by atoms with E-state index in [0.29, 0.717) is 23.1 Å². The van der Waals surface area contributed by atoms with Gasteiger partial charge in [0.15, 0.2) is 0 Å². The van der Waals surface area contributed by atoms with Gasteiger partial charge in [-0.2, -0.15) is 0 Å². The van der Waals surface area contributed by atoms with Crippen LogP contribution in [0.4, 0.5) is 5.69 Å². The molecular weight excluding hydrogens is 242 g/mol. The maximum Gasteiger partial charge on any atom is 0.292 e. The average Bonchev–Trinajstić information content (AvgIpc) is 3.11. The predicted octanol–water partition coefficient (Wildman–Crippen LogP) is 2.18. The first-order valence-corrected chi connectivity index (χ1v) is 5.95. The molecule has 6 heteroatoms. The monoisotopic (exact) mass is 255 g/mol. The molecule has 1 aromatic heterocycles. The van der Waals surface area contributed by atoms with Gasteiger partial charge in [0, 0.05) is 24.7 Å². The van der Waals surface area contributed by atoms with Crippen LogP contribution in [0.3, 0.4) is 0 Å². The van der Waals surface area contributed by atoms with Gasteiger partial charge in [-0.1, -0.05) is 11.6 Å². The van der Waals surface area contributed by atoms with Crippen molar-refractivity contribution < 1.29 is 4.92 Å². The SMILES string of the molecule is CNC(Cc1ncc(Cl)cc1[N+](=O)[O-])C1CC1. The van der Waals surface area contributed by atoms with E-state index in [-0.39, 0.29) is 11.7 Å². The highest BCUT2D eigenvalue weighted by atomic mass is 35.5. The molecule has 2 rings (SSSR count). The van der Waals surface area contributed by atoms with E-state index in [9.17, 15) is 10.1 Å². The van der Waals surface area contributed by atoms with Crippen molar-refractivity contribution in [3.05, 3.63) is 33.1 Å². The summed E-state index contributed by atoms with van der Waals surface area (Å²) in [5.41, 5.74) is 0.518. The highest BCUT2D eigenvalue weighted by Crippen LogP contribution is 2.34. The molecule has 1 unspecified atom stereocenters. The Morgan fingerprint density at radius 1 is 1.71 bits per heavy atom. The Kier molecular flexibility index (Phi) is 3.59. The molecule has 0 saturated heterocycles. The van der Waals surface area contributed by atoms with Crippen molar-refractivity contribution >= 4 is 17.3 Å². The number of nitrogens with zero attached hydrogens (tertiary/aromatic N) is 2. The van der Waals surface area contributed by atoms with Crippen molar-refractivity contribution in [2.24, 2.45) is 5.92 Å². The first-order valence-electron chi connectivity index (χ1n) is 5.58. The van der Waals surface area contributed by atoms with Crippen LogP contribution in [0.5, 0.6) is 0 Å². The minimum absolute atomic E-state index is 0.0124. The van der Waals surface area contributed by atoms with E-state index in [1.165, 1.54) is 25.1 Å². The number of aromatic nitrogens is 1. The Balaban J connectivity index is 2.21. The third-order valence-corrected chi connectivity index (χ3v) is 3.29. The lowest BCUT2D eigenvalue weighted by atomic mass is 10.1. The van der Waals surface area contributed by atoms with E-state index in [1.54, 1.807) is 0 Å². The van der Waals surface area contributed by atoms with E-state index in [2.05, 4.69) is 10.3 Å². The Bertz CT molecular complexity index is 435. The molecule has 1 N–H and O–H groups in total. The largest absolute Gasteiger partial charge is 0.316 e. The minimum atomic E-state index is -0.423. The predicted molar refractivity (Wildman–Crippen MR) is 65.2 cm³/mol. The van der Waals surface area contributed by atoms with Gasteiger partial charge in [-0.15, -0.1) is 0 Å². The molecule has 5 nitrogen and oxygen atoms in total. The summed E-state index contributed by atoms with van der Waals surface area (Å²) in [7, 11) is 1.88. The summed E-state index contributed by atoms with van der Waals surface area (Å²) in [6.07, 6.45) is 4.41. The zero-order chi connectivity index (χ0) is 12.4. The fraction of sp³-hybridized carbons (Fsp3) is 0.545. The Hall–Kier alpha value is -1.20. The van der Waals surface area contributed by atoms with Crippen molar-refractivity contribution in [2.75, 3.05) is 7.05 Å². The molecule has 0 spiro atoms. The molecule has 17 heavy (non-hydrogen) atoms. The summed E-state index contributed by atoms with van der Waals surface area (Å²) in [6, 6.07) is 1.63. The molecule has 0 bridgehead atoms. The summed E-state index contributed by atoms with van der Waals surface area (Å²) < 4.78 is 0. The summed E-state index contributed by atoms with van der Waals surface area (Å²) in [5, 5.41) is 14.4. The quantitative estimate of drug-likeness (QED) is 0.647. The average molecular weight is 256 g/mol. The van der Waals surface area contributed by atoms with Crippen LogP contribution in [0, 0.1) is 16.0 Å². The number of rotatable bonds is 5. The van der Waals surface area contributed by atoms with Crippen molar-refractivity contribution in [3.63, 3.8) is 0 Å². The van der Waals surface area contributed by atoms with Crippen LogP contribution >= 0.6 is 11.6 Å². The maximum absolute atomic E-state index is 10.9. The zero-order valence-electron chi connectivity index (χ0n) is 9.52. The number of pyridine rings is 1. The van der Waals surface area contributed by atoms with Crippen molar-refractivity contribution in [2.45, 2.75) is 25.3 Å². The highest BCUT2D eigenvalue weighted by Gasteiger charge is 2.32. The smallest absolute Gasteiger partial charge is 0.292 e. The van der Waals surface area contributed by atoms with Crippen LogP contribution in [-0.4, -0.2) is 23.0 Å². The van der Waals surface area contributed by atoms with E-state index in [1.807, 2.05) is 7.05 Å². The maximum atomic E-state index is 10.9. The first kappa shape index (κ1) is 12.3. The standard InChI is InChI=1S/C11H14ClN3O2/c1-13-9(7-2-3-7)5-10-11(15(16)17)4-8(12)6-14-10/h4,6-7,9,13H,2-3,5H2,1H3. The summed E-state index contributed by atoms with van der Waals surface area (Å²) in [6.45, 7) is 0. The second-order valence-electron chi connectivity index (χ2n) is 4.31. The highest BCUT2D eigenvalue weighted by molar-refractivity contribution is 6.30. The van der Waals surface area contributed by atoms with Crippen molar-refractivity contribution in [1.29, 1.82) is 0 Å². The molecule has 92 valence electrons. The molecule has 0 amide bonds. The lowest BCUT2D eigenvalue weighted by Crippen LogP contribution is -2.30. The molecule has 0 aliphatic heterocycles. The Morgan fingerprint density at radius 2 is 2.41 bits per heavy atom. The fourth-order valence-electron chi connectivity index (χ4n) is 1.98. The van der Waals surface area contributed by atoms with Gasteiger partial charge in [0.25, 0.3) is 5.69 Å². The molecular formula is C11H14ClN3O2. The number of hydrogen-bond donors (Lipinski definition) is 1. The molecule has 1 fully saturated rings. The summed E-state index contributed by atoms with van der Waals surface area (Å²) in [4.78, 5) is 14.6. The normalized spacial score (nSPS) is 16.8. The second kappa shape index (κ2) is 4.98. The zero-order valence-corrected chi connectivity index (χ0v) is 10.3. The number of nitro groups is 1. The Labute approximate surface area is 104 Å². The number of halogens is 1.